The summed E-state index contributed by atoms with van der Waals surface area (Å²) >= 11 is 9.56. The zero-order chi connectivity index (χ0) is 15.4. The summed E-state index contributed by atoms with van der Waals surface area (Å²) in [6.45, 7) is 2.57. The Labute approximate surface area is 136 Å². The van der Waals surface area contributed by atoms with Gasteiger partial charge in [-0.3, -0.25) is 0 Å². The topological polar surface area (TPSA) is 12.0 Å². The monoisotopic (exact) mass is 373 g/mol. The quantitative estimate of drug-likeness (QED) is 0.751. The standard InChI is InChI=1S/C16H15BrClF2N/c1-2-21-16(13-9-12(19)5-6-15(13)20)7-10-3-4-11(17)8-14(10)18/h3-6,8-9,16,21H,2,7H2,1H3. The maximum atomic E-state index is 14.0. The molecule has 0 bridgehead atoms. The van der Waals surface area contributed by atoms with Gasteiger partial charge in [0.2, 0.25) is 0 Å². The molecule has 0 heterocycles. The van der Waals surface area contributed by atoms with Gasteiger partial charge in [-0.15, -0.1) is 0 Å². The fourth-order valence-corrected chi connectivity index (χ4v) is 2.98. The fourth-order valence-electron chi connectivity index (χ4n) is 2.23. The molecule has 5 heteroatoms. The summed E-state index contributed by atoms with van der Waals surface area (Å²) in [5.41, 5.74) is 1.20. The highest BCUT2D eigenvalue weighted by molar-refractivity contribution is 9.10. The average molecular weight is 375 g/mol. The van der Waals surface area contributed by atoms with Crippen molar-refractivity contribution in [2.75, 3.05) is 6.54 Å². The van der Waals surface area contributed by atoms with Crippen LogP contribution in [0.1, 0.15) is 24.1 Å². The second-order valence-electron chi connectivity index (χ2n) is 4.72. The first-order chi connectivity index (χ1) is 10.0. The molecule has 0 fully saturated rings. The Morgan fingerprint density at radius 3 is 2.62 bits per heavy atom. The molecule has 0 aliphatic heterocycles. The van der Waals surface area contributed by atoms with Crippen LogP contribution in [0.3, 0.4) is 0 Å². The normalized spacial score (nSPS) is 12.4. The Morgan fingerprint density at radius 1 is 1.19 bits per heavy atom. The van der Waals surface area contributed by atoms with Gasteiger partial charge in [-0.05, 0) is 48.9 Å². The van der Waals surface area contributed by atoms with E-state index >= 15 is 0 Å². The van der Waals surface area contributed by atoms with Crippen molar-refractivity contribution in [1.29, 1.82) is 0 Å². The highest BCUT2D eigenvalue weighted by Gasteiger charge is 2.17. The van der Waals surface area contributed by atoms with Crippen LogP contribution in [0.15, 0.2) is 40.9 Å². The van der Waals surface area contributed by atoms with Crippen LogP contribution in [0.2, 0.25) is 5.02 Å². The molecule has 0 amide bonds. The highest BCUT2D eigenvalue weighted by atomic mass is 79.9. The van der Waals surface area contributed by atoms with E-state index < -0.39 is 11.6 Å². The van der Waals surface area contributed by atoms with Crippen molar-refractivity contribution in [1.82, 2.24) is 5.32 Å². The fraction of sp³-hybridized carbons (Fsp3) is 0.250. The van der Waals surface area contributed by atoms with E-state index in [-0.39, 0.29) is 6.04 Å². The first kappa shape index (κ1) is 16.4. The number of benzene rings is 2. The van der Waals surface area contributed by atoms with Crippen molar-refractivity contribution in [2.45, 2.75) is 19.4 Å². The summed E-state index contributed by atoms with van der Waals surface area (Å²) < 4.78 is 28.2. The second-order valence-corrected chi connectivity index (χ2v) is 6.04. The van der Waals surface area contributed by atoms with Crippen LogP contribution in [0, 0.1) is 11.6 Å². The predicted octanol–water partition coefficient (Wildman–Crippen LogP) is 5.27. The Bertz CT molecular complexity index is 634. The van der Waals surface area contributed by atoms with Gasteiger partial charge in [0, 0.05) is 21.1 Å². The molecule has 0 aliphatic carbocycles. The molecular weight excluding hydrogens is 360 g/mol. The molecule has 1 nitrogen and oxygen atoms in total. The van der Waals surface area contributed by atoms with Gasteiger partial charge in [-0.1, -0.05) is 40.5 Å². The van der Waals surface area contributed by atoms with Gasteiger partial charge in [0.15, 0.2) is 0 Å². The summed E-state index contributed by atoms with van der Waals surface area (Å²) in [5.74, 6) is -0.869. The SMILES string of the molecule is CCNC(Cc1ccc(Br)cc1Cl)c1cc(F)ccc1F. The van der Waals surface area contributed by atoms with Crippen molar-refractivity contribution >= 4 is 27.5 Å². The number of nitrogens with one attached hydrogen (secondary N) is 1. The molecule has 1 atom stereocenters. The van der Waals surface area contributed by atoms with Crippen molar-refractivity contribution in [3.8, 4) is 0 Å². The Morgan fingerprint density at radius 2 is 1.95 bits per heavy atom. The number of hydrogen-bond donors (Lipinski definition) is 1. The van der Waals surface area contributed by atoms with Crippen molar-refractivity contribution in [2.24, 2.45) is 0 Å². The van der Waals surface area contributed by atoms with Gasteiger partial charge in [0.05, 0.1) is 0 Å². The molecule has 0 aliphatic rings. The second kappa shape index (κ2) is 7.34. The molecule has 112 valence electrons. The first-order valence-corrected chi connectivity index (χ1v) is 7.80. The Kier molecular flexibility index (Phi) is 5.73. The minimum absolute atomic E-state index is 0.316. The van der Waals surface area contributed by atoms with Crippen molar-refractivity contribution in [3.63, 3.8) is 0 Å². The zero-order valence-corrected chi connectivity index (χ0v) is 13.8. The van der Waals surface area contributed by atoms with Crippen LogP contribution in [0.4, 0.5) is 8.78 Å². The van der Waals surface area contributed by atoms with Gasteiger partial charge >= 0.3 is 0 Å². The maximum Gasteiger partial charge on any atom is 0.128 e. The molecule has 2 aromatic carbocycles. The smallest absolute Gasteiger partial charge is 0.128 e. The van der Waals surface area contributed by atoms with E-state index in [0.717, 1.165) is 22.2 Å². The van der Waals surface area contributed by atoms with E-state index in [1.165, 1.54) is 6.07 Å². The molecule has 0 aromatic heterocycles. The number of rotatable bonds is 5. The van der Waals surface area contributed by atoms with Gasteiger partial charge in [-0.2, -0.15) is 0 Å². The summed E-state index contributed by atoms with van der Waals surface area (Å²) in [7, 11) is 0. The largest absolute Gasteiger partial charge is 0.310 e. The van der Waals surface area contributed by atoms with Gasteiger partial charge in [-0.25, -0.2) is 8.78 Å². The molecule has 1 N–H and O–H groups in total. The molecule has 2 rings (SSSR count). The zero-order valence-electron chi connectivity index (χ0n) is 11.5. The molecular formula is C16H15BrClF2N. The molecule has 0 radical (unpaired) electrons. The number of halogens is 4. The van der Waals surface area contributed by atoms with E-state index in [0.29, 0.717) is 23.6 Å². The van der Waals surface area contributed by atoms with Crippen molar-refractivity contribution in [3.05, 3.63) is 68.7 Å². The number of hydrogen-bond acceptors (Lipinski definition) is 1. The Balaban J connectivity index is 2.32. The molecule has 1 unspecified atom stereocenters. The third-order valence-corrected chi connectivity index (χ3v) is 4.07. The van der Waals surface area contributed by atoms with E-state index in [1.54, 1.807) is 6.07 Å². The third kappa shape index (κ3) is 4.25. The van der Waals surface area contributed by atoms with Gasteiger partial charge < -0.3 is 5.32 Å². The summed E-state index contributed by atoms with van der Waals surface area (Å²) in [6, 6.07) is 8.73. The maximum absolute atomic E-state index is 14.0. The van der Waals surface area contributed by atoms with Crippen LogP contribution in [0.25, 0.3) is 0 Å². The average Bonchev–Trinajstić information content (AvgIpc) is 2.44. The van der Waals surface area contributed by atoms with E-state index in [2.05, 4.69) is 21.2 Å². The summed E-state index contributed by atoms with van der Waals surface area (Å²) in [5, 5.41) is 3.78. The van der Waals surface area contributed by atoms with Gasteiger partial charge in [0.1, 0.15) is 11.6 Å². The molecule has 0 saturated heterocycles. The van der Waals surface area contributed by atoms with Crippen LogP contribution in [0.5, 0.6) is 0 Å². The van der Waals surface area contributed by atoms with E-state index in [9.17, 15) is 8.78 Å². The highest BCUT2D eigenvalue weighted by Crippen LogP contribution is 2.27. The van der Waals surface area contributed by atoms with Crippen LogP contribution in [-0.2, 0) is 6.42 Å². The molecule has 0 saturated carbocycles. The lowest BCUT2D eigenvalue weighted by Crippen LogP contribution is -2.24. The van der Waals surface area contributed by atoms with E-state index in [4.69, 9.17) is 11.6 Å². The predicted molar refractivity (Wildman–Crippen MR) is 85.6 cm³/mol. The third-order valence-electron chi connectivity index (χ3n) is 3.22. The molecule has 21 heavy (non-hydrogen) atoms. The van der Waals surface area contributed by atoms with E-state index in [1.807, 2.05) is 19.1 Å². The lowest BCUT2D eigenvalue weighted by molar-refractivity contribution is 0.502. The minimum atomic E-state index is -0.448. The number of likely N-dealkylation sites (N-methyl/N-ethyl adjacent to an activating group) is 1. The Hall–Kier alpha value is -0.970. The van der Waals surface area contributed by atoms with Crippen LogP contribution >= 0.6 is 27.5 Å². The molecule has 0 spiro atoms. The van der Waals surface area contributed by atoms with Crippen LogP contribution < -0.4 is 5.32 Å². The van der Waals surface area contributed by atoms with Gasteiger partial charge in [0.25, 0.3) is 0 Å². The lowest BCUT2D eigenvalue weighted by atomic mass is 9.98. The summed E-state index contributed by atoms with van der Waals surface area (Å²) in [6.07, 6.45) is 0.486. The first-order valence-electron chi connectivity index (χ1n) is 6.63. The van der Waals surface area contributed by atoms with Crippen molar-refractivity contribution < 1.29 is 8.78 Å². The minimum Gasteiger partial charge on any atom is -0.310 e. The van der Waals surface area contributed by atoms with Crippen LogP contribution in [-0.4, -0.2) is 6.54 Å². The lowest BCUT2D eigenvalue weighted by Gasteiger charge is -2.20. The molecule has 2 aromatic rings. The summed E-state index contributed by atoms with van der Waals surface area (Å²) in [4.78, 5) is 0.